The zero-order valence-electron chi connectivity index (χ0n) is 18.7. The van der Waals surface area contributed by atoms with Gasteiger partial charge in [-0.25, -0.2) is 0 Å². The summed E-state index contributed by atoms with van der Waals surface area (Å²) in [6, 6.07) is 14.8. The molecule has 0 unspecified atom stereocenters. The monoisotopic (exact) mass is 417 g/mol. The van der Waals surface area contributed by atoms with Crippen LogP contribution in [0.25, 0.3) is 0 Å². The molecule has 4 rings (SSSR count). The van der Waals surface area contributed by atoms with Gasteiger partial charge in [-0.05, 0) is 43.7 Å². The summed E-state index contributed by atoms with van der Waals surface area (Å²) in [7, 11) is 4.28. The standard InChI is InChI=1S/C27H30ClN2/c1-26(2)20-12-10-11-13-22(20)29(5)24(26)14-8-7-9-15-25-27(3,4)21-18-19(28)16-17-23(21)30(25)6/h7-18H,1-6H3/q+1. The Hall–Kier alpha value is -2.58. The molecular formula is C27H30ClN2+. The normalized spacial score (nSPS) is 20.6. The number of hydrogen-bond donors (Lipinski definition) is 0. The van der Waals surface area contributed by atoms with Crippen LogP contribution in [-0.4, -0.2) is 24.4 Å². The van der Waals surface area contributed by atoms with Crippen LogP contribution in [0.3, 0.4) is 0 Å². The van der Waals surface area contributed by atoms with Gasteiger partial charge in [0.2, 0.25) is 5.69 Å². The van der Waals surface area contributed by atoms with Crippen LogP contribution in [0.4, 0.5) is 11.4 Å². The lowest BCUT2D eigenvalue weighted by atomic mass is 9.81. The Bertz CT molecular complexity index is 1130. The summed E-state index contributed by atoms with van der Waals surface area (Å²) in [6.07, 6.45) is 10.8. The summed E-state index contributed by atoms with van der Waals surface area (Å²) in [6.45, 7) is 9.09. The molecule has 0 aliphatic carbocycles. The summed E-state index contributed by atoms with van der Waals surface area (Å²) >= 11 is 6.25. The first kappa shape index (κ1) is 20.7. The highest BCUT2D eigenvalue weighted by Crippen LogP contribution is 2.47. The van der Waals surface area contributed by atoms with E-state index in [1.807, 2.05) is 6.07 Å². The first-order chi connectivity index (χ1) is 14.2. The molecule has 0 atom stereocenters. The number of benzene rings is 2. The van der Waals surface area contributed by atoms with Crippen LogP contribution in [-0.2, 0) is 10.8 Å². The van der Waals surface area contributed by atoms with E-state index in [2.05, 4.69) is 118 Å². The molecule has 2 nitrogen and oxygen atoms in total. The minimum Gasteiger partial charge on any atom is -0.347 e. The van der Waals surface area contributed by atoms with Gasteiger partial charge in [0, 0.05) is 46.6 Å². The van der Waals surface area contributed by atoms with E-state index < -0.39 is 0 Å². The van der Waals surface area contributed by atoms with E-state index >= 15 is 0 Å². The molecule has 0 N–H and O–H groups in total. The van der Waals surface area contributed by atoms with Gasteiger partial charge in [0.1, 0.15) is 7.05 Å². The molecule has 0 amide bonds. The molecule has 0 saturated heterocycles. The average molecular weight is 418 g/mol. The maximum absolute atomic E-state index is 6.25. The number of allylic oxidation sites excluding steroid dienone is 6. The predicted octanol–water partition coefficient (Wildman–Crippen LogP) is 6.77. The third kappa shape index (κ3) is 3.15. The van der Waals surface area contributed by atoms with E-state index in [0.29, 0.717) is 0 Å². The van der Waals surface area contributed by atoms with Gasteiger partial charge in [0.15, 0.2) is 5.71 Å². The Morgan fingerprint density at radius 2 is 1.63 bits per heavy atom. The minimum absolute atomic E-state index is 0.00270. The summed E-state index contributed by atoms with van der Waals surface area (Å²) < 4.78 is 2.30. The largest absolute Gasteiger partial charge is 0.347 e. The number of anilines is 1. The van der Waals surface area contributed by atoms with Crippen molar-refractivity contribution in [3.8, 4) is 0 Å². The summed E-state index contributed by atoms with van der Waals surface area (Å²) in [4.78, 5) is 2.26. The van der Waals surface area contributed by atoms with Crippen LogP contribution >= 0.6 is 11.6 Å². The van der Waals surface area contributed by atoms with Gasteiger partial charge < -0.3 is 4.90 Å². The van der Waals surface area contributed by atoms with Gasteiger partial charge in [0.05, 0.1) is 5.41 Å². The fourth-order valence-corrected chi connectivity index (χ4v) is 5.14. The molecule has 0 saturated carbocycles. The van der Waals surface area contributed by atoms with Crippen molar-refractivity contribution in [3.05, 3.63) is 94.7 Å². The number of nitrogens with zero attached hydrogens (tertiary/aromatic N) is 2. The molecule has 30 heavy (non-hydrogen) atoms. The van der Waals surface area contributed by atoms with Crippen molar-refractivity contribution in [2.24, 2.45) is 0 Å². The molecule has 0 aromatic heterocycles. The van der Waals surface area contributed by atoms with E-state index in [1.54, 1.807) is 0 Å². The number of fused-ring (bicyclic) bond motifs is 2. The van der Waals surface area contributed by atoms with E-state index in [4.69, 9.17) is 11.6 Å². The van der Waals surface area contributed by atoms with Crippen LogP contribution < -0.4 is 4.90 Å². The van der Waals surface area contributed by atoms with E-state index in [9.17, 15) is 0 Å². The molecule has 0 bridgehead atoms. The molecule has 2 heterocycles. The first-order valence-corrected chi connectivity index (χ1v) is 10.8. The number of likely N-dealkylation sites (N-methyl/N-ethyl adjacent to an activating group) is 1. The molecule has 0 spiro atoms. The highest BCUT2D eigenvalue weighted by molar-refractivity contribution is 6.30. The Morgan fingerprint density at radius 1 is 0.900 bits per heavy atom. The van der Waals surface area contributed by atoms with Crippen molar-refractivity contribution in [2.75, 3.05) is 19.0 Å². The summed E-state index contributed by atoms with van der Waals surface area (Å²) in [5, 5.41) is 0.788. The second-order valence-corrected chi connectivity index (χ2v) is 9.66. The van der Waals surface area contributed by atoms with Gasteiger partial charge >= 0.3 is 0 Å². The molecule has 0 fully saturated rings. The SMILES string of the molecule is CN1C(=CC=CC=CC2=[N+](C)c3ccccc3C2(C)C)C(C)(C)c2cc(Cl)ccc21. The molecule has 154 valence electrons. The van der Waals surface area contributed by atoms with Gasteiger partial charge in [-0.1, -0.05) is 61.9 Å². The van der Waals surface area contributed by atoms with Crippen LogP contribution in [0, 0.1) is 0 Å². The van der Waals surface area contributed by atoms with Crippen molar-refractivity contribution >= 4 is 28.7 Å². The third-order valence-corrected chi connectivity index (χ3v) is 6.90. The predicted molar refractivity (Wildman–Crippen MR) is 130 cm³/mol. The Kier molecular flexibility index (Phi) is 5.02. The van der Waals surface area contributed by atoms with Crippen molar-refractivity contribution < 1.29 is 4.58 Å². The van der Waals surface area contributed by atoms with Gasteiger partial charge in [-0.2, -0.15) is 4.58 Å². The van der Waals surface area contributed by atoms with Gasteiger partial charge in [-0.15, -0.1) is 0 Å². The third-order valence-electron chi connectivity index (χ3n) is 6.67. The zero-order chi connectivity index (χ0) is 21.7. The van der Waals surface area contributed by atoms with Crippen molar-refractivity contribution in [1.82, 2.24) is 0 Å². The lowest BCUT2D eigenvalue weighted by Crippen LogP contribution is -2.26. The van der Waals surface area contributed by atoms with E-state index in [-0.39, 0.29) is 10.8 Å². The van der Waals surface area contributed by atoms with Crippen LogP contribution in [0.2, 0.25) is 5.02 Å². The first-order valence-electron chi connectivity index (χ1n) is 10.5. The second kappa shape index (κ2) is 7.28. The topological polar surface area (TPSA) is 6.25 Å². The van der Waals surface area contributed by atoms with E-state index in [0.717, 1.165) is 5.02 Å². The number of rotatable bonds is 3. The Morgan fingerprint density at radius 3 is 2.37 bits per heavy atom. The number of halogens is 1. The smallest absolute Gasteiger partial charge is 0.209 e. The molecule has 0 radical (unpaired) electrons. The summed E-state index contributed by atoms with van der Waals surface area (Å²) in [5.41, 5.74) is 7.67. The maximum Gasteiger partial charge on any atom is 0.209 e. The molecule has 3 heteroatoms. The number of hydrogen-bond acceptors (Lipinski definition) is 1. The zero-order valence-corrected chi connectivity index (χ0v) is 19.5. The van der Waals surface area contributed by atoms with Crippen LogP contribution in [0.15, 0.2) is 78.5 Å². The van der Waals surface area contributed by atoms with Gasteiger partial charge in [-0.3, -0.25) is 0 Å². The quantitative estimate of drug-likeness (QED) is 0.394. The minimum atomic E-state index is -0.0763. The molecular weight excluding hydrogens is 388 g/mol. The lowest BCUT2D eigenvalue weighted by Gasteiger charge is -2.23. The van der Waals surface area contributed by atoms with Gasteiger partial charge in [0.25, 0.3) is 0 Å². The highest BCUT2D eigenvalue weighted by atomic mass is 35.5. The Balaban J connectivity index is 1.57. The van der Waals surface area contributed by atoms with Crippen LogP contribution in [0.1, 0.15) is 38.8 Å². The molecule has 2 aromatic rings. The molecule has 2 aromatic carbocycles. The van der Waals surface area contributed by atoms with E-state index in [1.165, 1.54) is 33.9 Å². The molecule has 2 aliphatic heterocycles. The average Bonchev–Trinajstić information content (AvgIpc) is 3.01. The fourth-order valence-electron chi connectivity index (χ4n) is 4.97. The van der Waals surface area contributed by atoms with Crippen molar-refractivity contribution in [1.29, 1.82) is 0 Å². The van der Waals surface area contributed by atoms with Crippen LogP contribution in [0.5, 0.6) is 0 Å². The maximum atomic E-state index is 6.25. The lowest BCUT2D eigenvalue weighted by molar-refractivity contribution is -0.401. The fraction of sp³-hybridized carbons (Fsp3) is 0.296. The number of para-hydroxylation sites is 1. The van der Waals surface area contributed by atoms with Crippen molar-refractivity contribution in [2.45, 2.75) is 38.5 Å². The Labute approximate surface area is 185 Å². The highest BCUT2D eigenvalue weighted by Gasteiger charge is 2.42. The second-order valence-electron chi connectivity index (χ2n) is 9.23. The summed E-state index contributed by atoms with van der Waals surface area (Å²) in [5.74, 6) is 0. The molecule has 2 aliphatic rings. The van der Waals surface area contributed by atoms with Crippen molar-refractivity contribution in [3.63, 3.8) is 0 Å².